The number of nitrogens with zero attached hydrogens (tertiary/aromatic N) is 5. The summed E-state index contributed by atoms with van der Waals surface area (Å²) in [7, 11) is 1.66. The van der Waals surface area contributed by atoms with Gasteiger partial charge < -0.3 is 25.6 Å². The van der Waals surface area contributed by atoms with E-state index in [0.29, 0.717) is 42.8 Å². The SMILES string of the molecule is C=C1NC(=O)C/C1=C\c1cnn2c(NCCOC)nc(NCCCN3CCCC3)nc12. The fraction of sp³-hybridized carbons (Fsp3) is 0.524. The summed E-state index contributed by atoms with van der Waals surface area (Å²) in [5.41, 5.74) is 2.94. The number of ether oxygens (including phenoxy) is 1. The highest BCUT2D eigenvalue weighted by atomic mass is 16.5. The van der Waals surface area contributed by atoms with Crippen molar-refractivity contribution in [3.05, 3.63) is 29.6 Å². The molecular weight excluding hydrogens is 396 g/mol. The molecule has 4 heterocycles. The Morgan fingerprint density at radius 3 is 2.84 bits per heavy atom. The van der Waals surface area contributed by atoms with Crippen LogP contribution in [-0.2, 0) is 9.53 Å². The van der Waals surface area contributed by atoms with E-state index in [0.717, 1.165) is 30.6 Å². The molecule has 0 atom stereocenters. The average molecular weight is 427 g/mol. The van der Waals surface area contributed by atoms with Crippen LogP contribution in [0.15, 0.2) is 24.0 Å². The summed E-state index contributed by atoms with van der Waals surface area (Å²) in [6.07, 6.45) is 7.58. The first-order chi connectivity index (χ1) is 15.1. The van der Waals surface area contributed by atoms with E-state index in [1.54, 1.807) is 17.8 Å². The van der Waals surface area contributed by atoms with Crippen LogP contribution in [-0.4, -0.2) is 76.8 Å². The zero-order chi connectivity index (χ0) is 21.6. The molecule has 2 aromatic heterocycles. The lowest BCUT2D eigenvalue weighted by molar-refractivity contribution is -0.118. The van der Waals surface area contributed by atoms with Crippen molar-refractivity contribution in [3.8, 4) is 0 Å². The van der Waals surface area contributed by atoms with Gasteiger partial charge in [-0.25, -0.2) is 0 Å². The number of aromatic nitrogens is 4. The van der Waals surface area contributed by atoms with Crippen LogP contribution in [0.3, 0.4) is 0 Å². The lowest BCUT2D eigenvalue weighted by atomic mass is 10.1. The van der Waals surface area contributed by atoms with Crippen LogP contribution in [0, 0.1) is 0 Å². The van der Waals surface area contributed by atoms with E-state index < -0.39 is 0 Å². The summed E-state index contributed by atoms with van der Waals surface area (Å²) < 4.78 is 6.81. The highest BCUT2D eigenvalue weighted by Gasteiger charge is 2.20. The van der Waals surface area contributed by atoms with Crippen molar-refractivity contribution in [3.63, 3.8) is 0 Å². The third-order valence-electron chi connectivity index (χ3n) is 5.48. The van der Waals surface area contributed by atoms with Crippen LogP contribution in [0.5, 0.6) is 0 Å². The number of fused-ring (bicyclic) bond motifs is 1. The molecule has 10 nitrogen and oxygen atoms in total. The predicted molar refractivity (Wildman–Crippen MR) is 120 cm³/mol. The third-order valence-corrected chi connectivity index (χ3v) is 5.48. The fourth-order valence-electron chi connectivity index (χ4n) is 3.86. The summed E-state index contributed by atoms with van der Waals surface area (Å²) in [5.74, 6) is 1.09. The molecule has 2 fully saturated rings. The molecule has 0 aliphatic carbocycles. The predicted octanol–water partition coefficient (Wildman–Crippen LogP) is 1.50. The minimum atomic E-state index is -0.0513. The Kier molecular flexibility index (Phi) is 6.78. The summed E-state index contributed by atoms with van der Waals surface area (Å²) in [4.78, 5) is 23.5. The van der Waals surface area contributed by atoms with E-state index in [-0.39, 0.29) is 5.91 Å². The maximum atomic E-state index is 11.7. The Morgan fingerprint density at radius 2 is 2.10 bits per heavy atom. The molecule has 2 aliphatic rings. The van der Waals surface area contributed by atoms with Crippen molar-refractivity contribution in [1.29, 1.82) is 0 Å². The molecule has 2 aromatic rings. The first-order valence-corrected chi connectivity index (χ1v) is 10.8. The second-order valence-electron chi connectivity index (χ2n) is 7.83. The second kappa shape index (κ2) is 9.88. The molecule has 0 saturated carbocycles. The number of likely N-dealkylation sites (tertiary alicyclic amines) is 1. The first-order valence-electron chi connectivity index (χ1n) is 10.8. The van der Waals surface area contributed by atoms with Crippen LogP contribution >= 0.6 is 0 Å². The number of hydrogen-bond donors (Lipinski definition) is 3. The van der Waals surface area contributed by atoms with Crippen molar-refractivity contribution in [2.24, 2.45) is 0 Å². The van der Waals surface area contributed by atoms with E-state index in [2.05, 4.69) is 37.5 Å². The van der Waals surface area contributed by atoms with Gasteiger partial charge in [-0.2, -0.15) is 19.6 Å². The maximum Gasteiger partial charge on any atom is 0.229 e. The molecule has 10 heteroatoms. The number of carbonyl (C=O) groups excluding carboxylic acids is 1. The summed E-state index contributed by atoms with van der Waals surface area (Å²) in [6.45, 7) is 9.34. The number of allylic oxidation sites excluding steroid dienone is 1. The normalized spacial score (nSPS) is 18.3. The minimum Gasteiger partial charge on any atom is -0.383 e. The van der Waals surface area contributed by atoms with Crippen LogP contribution in [0.25, 0.3) is 11.7 Å². The fourth-order valence-corrected chi connectivity index (χ4v) is 3.86. The van der Waals surface area contributed by atoms with Crippen molar-refractivity contribution in [2.75, 3.05) is 57.1 Å². The quantitative estimate of drug-likeness (QED) is 0.491. The van der Waals surface area contributed by atoms with Gasteiger partial charge in [-0.15, -0.1) is 0 Å². The van der Waals surface area contributed by atoms with Crippen molar-refractivity contribution in [2.45, 2.75) is 25.7 Å². The standard InChI is InChI=1S/C21H30N8O2/c1-15-16(13-18(30)25-15)12-17-14-24-29-19(17)26-20(27-21(29)23-7-11-31-2)22-6-5-10-28-8-3-4-9-28/h12,14H,1,3-11,13H2,2H3,(H,25,30)(H2,22,23,26,27)/b16-12+. The number of methoxy groups -OCH3 is 1. The van der Waals surface area contributed by atoms with Gasteiger partial charge in [0, 0.05) is 31.5 Å². The van der Waals surface area contributed by atoms with Crippen LogP contribution in [0.2, 0.25) is 0 Å². The summed E-state index contributed by atoms with van der Waals surface area (Å²) in [5, 5.41) is 13.8. The Morgan fingerprint density at radius 1 is 1.26 bits per heavy atom. The van der Waals surface area contributed by atoms with E-state index in [4.69, 9.17) is 9.72 Å². The van der Waals surface area contributed by atoms with Gasteiger partial charge in [0.2, 0.25) is 17.8 Å². The van der Waals surface area contributed by atoms with Crippen LogP contribution in [0.4, 0.5) is 11.9 Å². The van der Waals surface area contributed by atoms with Gasteiger partial charge in [0.1, 0.15) is 0 Å². The summed E-state index contributed by atoms with van der Waals surface area (Å²) >= 11 is 0. The van der Waals surface area contributed by atoms with Gasteiger partial charge in [0.15, 0.2) is 5.65 Å². The molecule has 2 saturated heterocycles. The molecule has 166 valence electrons. The molecule has 0 unspecified atom stereocenters. The molecule has 0 spiro atoms. The molecule has 3 N–H and O–H groups in total. The lowest BCUT2D eigenvalue weighted by Gasteiger charge is -2.14. The molecule has 0 bridgehead atoms. The van der Waals surface area contributed by atoms with E-state index in [1.807, 2.05) is 6.08 Å². The number of hydrogen-bond acceptors (Lipinski definition) is 8. The minimum absolute atomic E-state index is 0.0513. The zero-order valence-electron chi connectivity index (χ0n) is 18.0. The smallest absolute Gasteiger partial charge is 0.229 e. The third kappa shape index (κ3) is 5.20. The van der Waals surface area contributed by atoms with Gasteiger partial charge in [-0.1, -0.05) is 6.58 Å². The Labute approximate surface area is 181 Å². The van der Waals surface area contributed by atoms with E-state index in [9.17, 15) is 4.79 Å². The monoisotopic (exact) mass is 426 g/mol. The average Bonchev–Trinajstić information content (AvgIpc) is 3.47. The molecular formula is C21H30N8O2. The molecule has 0 aromatic carbocycles. The number of nitrogens with one attached hydrogen (secondary N) is 3. The molecule has 2 aliphatic heterocycles. The molecule has 4 rings (SSSR count). The maximum absolute atomic E-state index is 11.7. The highest BCUT2D eigenvalue weighted by Crippen LogP contribution is 2.24. The van der Waals surface area contributed by atoms with E-state index >= 15 is 0 Å². The number of amides is 1. The van der Waals surface area contributed by atoms with Gasteiger partial charge in [0.25, 0.3) is 0 Å². The second-order valence-corrected chi connectivity index (χ2v) is 7.83. The number of carbonyl (C=O) groups is 1. The zero-order valence-corrected chi connectivity index (χ0v) is 18.0. The van der Waals surface area contributed by atoms with Gasteiger partial charge in [0.05, 0.1) is 19.2 Å². The Bertz CT molecular complexity index is 977. The number of rotatable bonds is 10. The van der Waals surface area contributed by atoms with Crippen molar-refractivity contribution >= 4 is 29.5 Å². The molecule has 0 radical (unpaired) electrons. The van der Waals surface area contributed by atoms with Crippen LogP contribution < -0.4 is 16.0 Å². The lowest BCUT2D eigenvalue weighted by Crippen LogP contribution is -2.22. The largest absolute Gasteiger partial charge is 0.383 e. The van der Waals surface area contributed by atoms with Gasteiger partial charge in [-0.3, -0.25) is 4.79 Å². The van der Waals surface area contributed by atoms with Gasteiger partial charge in [-0.05, 0) is 50.5 Å². The van der Waals surface area contributed by atoms with Gasteiger partial charge >= 0.3 is 0 Å². The Hall–Kier alpha value is -2.98. The van der Waals surface area contributed by atoms with E-state index in [1.165, 1.54) is 25.9 Å². The molecule has 1 amide bonds. The topological polar surface area (TPSA) is 109 Å². The summed E-state index contributed by atoms with van der Waals surface area (Å²) in [6, 6.07) is 0. The number of anilines is 2. The molecule has 31 heavy (non-hydrogen) atoms. The highest BCUT2D eigenvalue weighted by molar-refractivity contribution is 5.89. The van der Waals surface area contributed by atoms with Crippen molar-refractivity contribution < 1.29 is 9.53 Å². The van der Waals surface area contributed by atoms with Crippen molar-refractivity contribution in [1.82, 2.24) is 29.8 Å². The van der Waals surface area contributed by atoms with Crippen LogP contribution in [0.1, 0.15) is 31.2 Å². The first kappa shape index (κ1) is 21.3. The Balaban J connectivity index is 1.54.